The molecule has 3 aromatic rings. The average Bonchev–Trinajstić information content (AvgIpc) is 3.42. The van der Waals surface area contributed by atoms with E-state index in [1.54, 1.807) is 7.11 Å². The Kier molecular flexibility index (Phi) is 15.8. The number of ether oxygens (including phenoxy) is 1. The van der Waals surface area contributed by atoms with Gasteiger partial charge in [0.1, 0.15) is 11.4 Å². The first kappa shape index (κ1) is 42.6. The Balaban J connectivity index is 0.000000572. The van der Waals surface area contributed by atoms with Crippen LogP contribution in [0.4, 0.5) is 11.4 Å². The van der Waals surface area contributed by atoms with E-state index in [9.17, 15) is 32.1 Å². The van der Waals surface area contributed by atoms with E-state index in [4.69, 9.17) is 4.74 Å². The Morgan fingerprint density at radius 3 is 2.27 bits per heavy atom. The Hall–Kier alpha value is -3.85. The van der Waals surface area contributed by atoms with Crippen LogP contribution in [0.5, 0.6) is 0 Å². The van der Waals surface area contributed by atoms with Crippen molar-refractivity contribution >= 4 is 56.3 Å². The number of ketones is 1. The molecule has 2 amide bonds. The van der Waals surface area contributed by atoms with Crippen molar-refractivity contribution in [2.45, 2.75) is 65.7 Å². The van der Waals surface area contributed by atoms with Crippen LogP contribution in [0, 0.1) is 5.41 Å². The SMILES string of the molecule is CCc1ccc(NC2=C(OC)/C(=C/CC(C)(C)Cc3c([NH2+]CCCCS(=O)(=O)[O-])ccc4ccccc34)C2=O)cc1.O=CON1C(=O)CCC1=O.[Na+]. The Labute approximate surface area is 327 Å². The summed E-state index contributed by atoms with van der Waals surface area (Å²) in [7, 11) is -2.59. The predicted molar refractivity (Wildman–Crippen MR) is 191 cm³/mol. The zero-order valence-corrected chi connectivity index (χ0v) is 33.2. The summed E-state index contributed by atoms with van der Waals surface area (Å²) in [5, 5.41) is 8.18. The van der Waals surface area contributed by atoms with Crippen LogP contribution < -0.4 is 40.2 Å². The van der Waals surface area contributed by atoms with E-state index >= 15 is 0 Å². The number of amides is 2. The molecule has 0 unspecified atom stereocenters. The van der Waals surface area contributed by atoms with Crippen LogP contribution in [0.2, 0.25) is 0 Å². The molecule has 0 radical (unpaired) electrons. The number of hydroxylamine groups is 2. The number of nitrogens with two attached hydrogens (primary N) is 1. The molecule has 5 rings (SSSR count). The van der Waals surface area contributed by atoms with Crippen molar-refractivity contribution in [3.8, 4) is 0 Å². The van der Waals surface area contributed by atoms with E-state index in [0.29, 0.717) is 47.9 Å². The zero-order chi connectivity index (χ0) is 37.2. The van der Waals surface area contributed by atoms with Gasteiger partial charge in [-0.1, -0.05) is 63.2 Å². The fourth-order valence-corrected chi connectivity index (χ4v) is 6.52. The molecule has 12 nitrogen and oxygen atoms in total. The first-order chi connectivity index (χ1) is 24.3. The zero-order valence-electron chi connectivity index (χ0n) is 30.4. The van der Waals surface area contributed by atoms with Crippen LogP contribution in [0.1, 0.15) is 64.0 Å². The second kappa shape index (κ2) is 19.3. The van der Waals surface area contributed by atoms with Crippen LogP contribution in [0.3, 0.4) is 0 Å². The van der Waals surface area contributed by atoms with Gasteiger partial charge in [0.15, 0.2) is 5.76 Å². The maximum absolute atomic E-state index is 13.1. The monoisotopic (exact) mass is 742 g/mol. The minimum atomic E-state index is -4.18. The summed E-state index contributed by atoms with van der Waals surface area (Å²) in [6, 6.07) is 20.6. The summed E-state index contributed by atoms with van der Waals surface area (Å²) in [5.41, 5.74) is 5.36. The number of benzene rings is 3. The number of imide groups is 1. The number of aryl methyl sites for hydroxylation is 1. The standard InChI is InChI=1S/C33H40N2O5S.C5H5NO4.Na/c1-5-23-12-15-25(16-13-23)35-30-31(36)27(32(30)40-4)18-19-33(2,3)22-28-26-11-7-6-10-24(26)14-17-29(28)34-20-8-9-21-41(37,38)39;7-3-10-6-4(8)1-2-5(6)9;/h6-7,10-18,34-35H,5,8-9,19-22H2,1-4H3,(H,37,38,39);3H,1-2H2;/q;;+1/b27-18+;;. The van der Waals surface area contributed by atoms with Gasteiger partial charge in [0.05, 0.1) is 29.3 Å². The van der Waals surface area contributed by atoms with Crippen LogP contribution in [0.25, 0.3) is 10.8 Å². The second-order valence-electron chi connectivity index (χ2n) is 13.2. The van der Waals surface area contributed by atoms with Crippen molar-refractivity contribution in [1.82, 2.24) is 5.06 Å². The van der Waals surface area contributed by atoms with Gasteiger partial charge in [-0.3, -0.25) is 19.2 Å². The molecule has 14 heteroatoms. The average molecular weight is 743 g/mol. The number of hydrogen-bond donors (Lipinski definition) is 2. The molecular weight excluding hydrogens is 697 g/mol. The van der Waals surface area contributed by atoms with Gasteiger partial charge in [0.25, 0.3) is 11.8 Å². The number of carbonyl (C=O) groups excluding carboxylic acids is 4. The van der Waals surface area contributed by atoms with Gasteiger partial charge in [-0.2, -0.15) is 0 Å². The summed E-state index contributed by atoms with van der Waals surface area (Å²) in [6.07, 6.45) is 5.67. The molecule has 1 aliphatic heterocycles. The van der Waals surface area contributed by atoms with Gasteiger partial charge in [0, 0.05) is 29.8 Å². The van der Waals surface area contributed by atoms with Gasteiger partial charge >= 0.3 is 36.0 Å². The van der Waals surface area contributed by atoms with E-state index in [0.717, 1.165) is 29.6 Å². The third kappa shape index (κ3) is 11.6. The number of carbonyl (C=O) groups is 4. The molecule has 52 heavy (non-hydrogen) atoms. The van der Waals surface area contributed by atoms with Crippen LogP contribution in [-0.4, -0.2) is 61.5 Å². The molecule has 1 aliphatic carbocycles. The molecule has 0 saturated carbocycles. The second-order valence-corrected chi connectivity index (χ2v) is 14.7. The minimum absolute atomic E-state index is 0. The largest absolute Gasteiger partial charge is 1.00 e. The molecule has 1 saturated heterocycles. The summed E-state index contributed by atoms with van der Waals surface area (Å²) in [6.45, 7) is 7.25. The third-order valence-electron chi connectivity index (χ3n) is 8.74. The number of unbranched alkanes of at least 4 members (excludes halogenated alkanes) is 1. The number of rotatable bonds is 16. The fraction of sp³-hybridized carbons (Fsp3) is 0.368. The van der Waals surface area contributed by atoms with Gasteiger partial charge < -0.3 is 24.8 Å². The Morgan fingerprint density at radius 2 is 1.65 bits per heavy atom. The maximum Gasteiger partial charge on any atom is 1.00 e. The van der Waals surface area contributed by atoms with Crippen molar-refractivity contribution < 1.29 is 76.6 Å². The van der Waals surface area contributed by atoms with Crippen molar-refractivity contribution in [2.24, 2.45) is 5.41 Å². The number of hydrogen-bond acceptors (Lipinski definition) is 10. The first-order valence-electron chi connectivity index (χ1n) is 16.9. The van der Waals surface area contributed by atoms with Crippen LogP contribution in [0.15, 0.2) is 83.8 Å². The van der Waals surface area contributed by atoms with Gasteiger partial charge in [-0.25, -0.2) is 8.42 Å². The summed E-state index contributed by atoms with van der Waals surface area (Å²) in [5.74, 6) is -0.707. The number of fused-ring (bicyclic) bond motifs is 1. The molecule has 1 fully saturated rings. The quantitative estimate of drug-likeness (QED) is 0.0417. The summed E-state index contributed by atoms with van der Waals surface area (Å²) in [4.78, 5) is 48.0. The molecule has 0 spiro atoms. The first-order valence-corrected chi connectivity index (χ1v) is 18.5. The Morgan fingerprint density at radius 1 is 0.981 bits per heavy atom. The van der Waals surface area contributed by atoms with Gasteiger partial charge in [-0.15, -0.1) is 5.06 Å². The van der Waals surface area contributed by atoms with E-state index in [1.807, 2.05) is 42.5 Å². The third-order valence-corrected chi connectivity index (χ3v) is 9.53. The number of nitrogens with zero attached hydrogens (tertiary/aromatic N) is 1. The summed E-state index contributed by atoms with van der Waals surface area (Å²) < 4.78 is 38.4. The number of quaternary nitrogens is 1. The molecule has 0 atom stereocenters. The number of Topliss-reactive ketones (excluding diaryl/α,β-unsaturated/α-hetero) is 1. The normalized spacial score (nSPS) is 15.2. The van der Waals surface area contributed by atoms with Crippen molar-refractivity contribution in [2.75, 3.05) is 24.7 Å². The molecule has 1 heterocycles. The van der Waals surface area contributed by atoms with Crippen molar-refractivity contribution in [3.63, 3.8) is 0 Å². The van der Waals surface area contributed by atoms with Gasteiger partial charge in [0.2, 0.25) is 5.78 Å². The molecule has 0 bridgehead atoms. The topological polar surface area (TPSA) is 176 Å². The number of nitrogens with one attached hydrogen (secondary N) is 1. The number of anilines is 1. The van der Waals surface area contributed by atoms with Gasteiger partial charge in [-0.05, 0) is 78.1 Å². The smallest absolute Gasteiger partial charge is 0.748 e. The molecule has 2 aliphatic rings. The number of allylic oxidation sites excluding steroid dienone is 3. The maximum atomic E-state index is 13.1. The predicted octanol–water partition coefficient (Wildman–Crippen LogP) is 1.59. The van der Waals surface area contributed by atoms with Crippen molar-refractivity contribution in [3.05, 3.63) is 94.9 Å². The van der Waals surface area contributed by atoms with E-state index in [2.05, 4.69) is 60.5 Å². The molecule has 3 aromatic carbocycles. The van der Waals surface area contributed by atoms with E-state index in [1.165, 1.54) is 16.5 Å². The Bertz CT molecular complexity index is 1920. The van der Waals surface area contributed by atoms with E-state index in [-0.39, 0.29) is 65.8 Å². The van der Waals surface area contributed by atoms with Crippen molar-refractivity contribution in [1.29, 1.82) is 0 Å². The number of methoxy groups -OCH3 is 1. The summed E-state index contributed by atoms with van der Waals surface area (Å²) >= 11 is 0. The van der Waals surface area contributed by atoms with Crippen LogP contribution >= 0.6 is 0 Å². The molecule has 272 valence electrons. The molecule has 3 N–H and O–H groups in total. The van der Waals surface area contributed by atoms with Crippen LogP contribution in [-0.2, 0) is 51.7 Å². The molecular formula is C38H45N3NaO9S+. The fourth-order valence-electron chi connectivity index (χ4n) is 5.96. The molecule has 0 aromatic heterocycles. The minimum Gasteiger partial charge on any atom is -0.748 e. The van der Waals surface area contributed by atoms with E-state index < -0.39 is 21.9 Å².